The fourth-order valence-electron chi connectivity index (χ4n) is 1.98. The largest absolute Gasteiger partial charge is 0.481 e. The summed E-state index contributed by atoms with van der Waals surface area (Å²) in [6.07, 6.45) is 1.70. The molecule has 1 fully saturated rings. The SMILES string of the molecule is COc1ncccc1C1COC[C@H]1CO. The zero-order valence-corrected chi connectivity index (χ0v) is 8.72. The summed E-state index contributed by atoms with van der Waals surface area (Å²) < 4.78 is 10.6. The molecule has 0 amide bonds. The predicted molar refractivity (Wildman–Crippen MR) is 54.9 cm³/mol. The average Bonchev–Trinajstić information content (AvgIpc) is 2.76. The molecule has 1 unspecified atom stereocenters. The summed E-state index contributed by atoms with van der Waals surface area (Å²) in [5, 5.41) is 9.22. The van der Waals surface area contributed by atoms with Crippen molar-refractivity contribution >= 4 is 0 Å². The van der Waals surface area contributed by atoms with E-state index >= 15 is 0 Å². The van der Waals surface area contributed by atoms with Gasteiger partial charge in [-0.3, -0.25) is 0 Å². The lowest BCUT2D eigenvalue weighted by Crippen LogP contribution is -2.15. The first-order valence-electron chi connectivity index (χ1n) is 5.04. The zero-order valence-electron chi connectivity index (χ0n) is 8.72. The molecule has 4 heteroatoms. The maximum atomic E-state index is 9.22. The van der Waals surface area contributed by atoms with Crippen molar-refractivity contribution in [1.82, 2.24) is 4.98 Å². The van der Waals surface area contributed by atoms with E-state index in [0.29, 0.717) is 19.1 Å². The van der Waals surface area contributed by atoms with E-state index in [1.165, 1.54) is 0 Å². The van der Waals surface area contributed by atoms with Crippen LogP contribution in [0, 0.1) is 5.92 Å². The molecular formula is C11H15NO3. The lowest BCUT2D eigenvalue weighted by Gasteiger charge is -2.17. The van der Waals surface area contributed by atoms with Crippen molar-refractivity contribution in [1.29, 1.82) is 0 Å². The smallest absolute Gasteiger partial charge is 0.216 e. The first-order valence-corrected chi connectivity index (χ1v) is 5.04. The Bertz CT molecular complexity index is 329. The van der Waals surface area contributed by atoms with E-state index in [1.54, 1.807) is 13.3 Å². The van der Waals surface area contributed by atoms with Crippen LogP contribution in [0.25, 0.3) is 0 Å². The molecule has 0 aliphatic carbocycles. The highest BCUT2D eigenvalue weighted by Gasteiger charge is 2.31. The van der Waals surface area contributed by atoms with E-state index in [4.69, 9.17) is 9.47 Å². The number of pyridine rings is 1. The second-order valence-electron chi connectivity index (χ2n) is 3.69. The third-order valence-electron chi connectivity index (χ3n) is 2.83. The summed E-state index contributed by atoms with van der Waals surface area (Å²) in [6.45, 7) is 1.38. The minimum absolute atomic E-state index is 0.142. The Morgan fingerprint density at radius 3 is 3.20 bits per heavy atom. The van der Waals surface area contributed by atoms with E-state index in [9.17, 15) is 5.11 Å². The van der Waals surface area contributed by atoms with Gasteiger partial charge in [0.05, 0.1) is 20.3 Å². The van der Waals surface area contributed by atoms with Gasteiger partial charge in [-0.2, -0.15) is 0 Å². The van der Waals surface area contributed by atoms with Gasteiger partial charge in [-0.25, -0.2) is 4.98 Å². The standard InChI is InChI=1S/C11H15NO3/c1-14-11-9(3-2-4-12-11)10-7-15-6-8(10)5-13/h2-4,8,10,13H,5-7H2,1H3/t8-,10?/m1/s1. The number of hydrogen-bond acceptors (Lipinski definition) is 4. The van der Waals surface area contributed by atoms with Crippen molar-refractivity contribution in [3.05, 3.63) is 23.9 Å². The predicted octanol–water partition coefficient (Wildman–Crippen LogP) is 0.812. The maximum absolute atomic E-state index is 9.22. The summed E-state index contributed by atoms with van der Waals surface area (Å²) in [4.78, 5) is 4.15. The van der Waals surface area contributed by atoms with Gasteiger partial charge in [-0.1, -0.05) is 6.07 Å². The Balaban J connectivity index is 2.27. The Hall–Kier alpha value is -1.13. The van der Waals surface area contributed by atoms with Crippen molar-refractivity contribution in [2.24, 2.45) is 5.92 Å². The van der Waals surface area contributed by atoms with Crippen LogP contribution >= 0.6 is 0 Å². The van der Waals surface area contributed by atoms with Crippen LogP contribution in [0.15, 0.2) is 18.3 Å². The van der Waals surface area contributed by atoms with Crippen molar-refractivity contribution in [3.63, 3.8) is 0 Å². The molecule has 0 saturated carbocycles. The topological polar surface area (TPSA) is 51.6 Å². The van der Waals surface area contributed by atoms with Crippen molar-refractivity contribution in [2.45, 2.75) is 5.92 Å². The average molecular weight is 209 g/mol. The molecule has 0 spiro atoms. The number of rotatable bonds is 3. The van der Waals surface area contributed by atoms with Gasteiger partial charge >= 0.3 is 0 Å². The first kappa shape index (κ1) is 10.4. The Labute approximate surface area is 88.9 Å². The van der Waals surface area contributed by atoms with Crippen molar-refractivity contribution < 1.29 is 14.6 Å². The van der Waals surface area contributed by atoms with Gasteiger partial charge in [0, 0.05) is 30.2 Å². The molecule has 2 heterocycles. The third kappa shape index (κ3) is 1.96. The molecule has 1 N–H and O–H groups in total. The minimum atomic E-state index is 0.142. The monoisotopic (exact) mass is 209 g/mol. The van der Waals surface area contributed by atoms with Crippen molar-refractivity contribution in [3.8, 4) is 5.88 Å². The van der Waals surface area contributed by atoms with Crippen LogP contribution in [-0.2, 0) is 4.74 Å². The zero-order chi connectivity index (χ0) is 10.7. The molecule has 2 rings (SSSR count). The number of aromatic nitrogens is 1. The molecule has 1 aliphatic rings. The normalized spacial score (nSPS) is 25.5. The molecule has 1 aliphatic heterocycles. The first-order chi connectivity index (χ1) is 7.36. The number of methoxy groups -OCH3 is 1. The van der Waals surface area contributed by atoms with Crippen LogP contribution in [0.2, 0.25) is 0 Å². The van der Waals surface area contributed by atoms with Crippen LogP contribution in [0.4, 0.5) is 0 Å². The molecule has 1 saturated heterocycles. The molecule has 0 bridgehead atoms. The summed E-state index contributed by atoms with van der Waals surface area (Å²) in [7, 11) is 1.61. The van der Waals surface area contributed by atoms with Gasteiger partial charge in [0.25, 0.3) is 0 Å². The van der Waals surface area contributed by atoms with Gasteiger partial charge in [-0.15, -0.1) is 0 Å². The lowest BCUT2D eigenvalue weighted by molar-refractivity contribution is 0.160. The van der Waals surface area contributed by atoms with Crippen LogP contribution in [0.1, 0.15) is 11.5 Å². The lowest BCUT2D eigenvalue weighted by atomic mass is 9.90. The van der Waals surface area contributed by atoms with Gasteiger partial charge in [0.2, 0.25) is 5.88 Å². The van der Waals surface area contributed by atoms with E-state index < -0.39 is 0 Å². The van der Waals surface area contributed by atoms with Gasteiger partial charge in [0.1, 0.15) is 0 Å². The molecule has 82 valence electrons. The number of nitrogens with zero attached hydrogens (tertiary/aromatic N) is 1. The molecule has 1 aromatic heterocycles. The third-order valence-corrected chi connectivity index (χ3v) is 2.83. The highest BCUT2D eigenvalue weighted by atomic mass is 16.5. The molecule has 1 aromatic rings. The van der Waals surface area contributed by atoms with Gasteiger partial charge in [0.15, 0.2) is 0 Å². The summed E-state index contributed by atoms with van der Waals surface area (Å²) in [5.41, 5.74) is 1.02. The summed E-state index contributed by atoms with van der Waals surface area (Å²) in [6, 6.07) is 3.86. The Morgan fingerprint density at radius 2 is 2.47 bits per heavy atom. The number of aliphatic hydroxyl groups excluding tert-OH is 1. The second kappa shape index (κ2) is 4.59. The summed E-state index contributed by atoms with van der Waals surface area (Å²) in [5.74, 6) is 0.980. The molecule has 0 aromatic carbocycles. The number of ether oxygens (including phenoxy) is 2. The molecular weight excluding hydrogens is 194 g/mol. The Morgan fingerprint density at radius 1 is 1.60 bits per heavy atom. The van der Waals surface area contributed by atoms with Gasteiger partial charge in [-0.05, 0) is 6.07 Å². The van der Waals surface area contributed by atoms with E-state index in [-0.39, 0.29) is 18.4 Å². The van der Waals surface area contributed by atoms with E-state index in [1.807, 2.05) is 12.1 Å². The Kier molecular flexibility index (Phi) is 3.18. The highest BCUT2D eigenvalue weighted by molar-refractivity contribution is 5.30. The van der Waals surface area contributed by atoms with Gasteiger partial charge < -0.3 is 14.6 Å². The fraction of sp³-hybridized carbons (Fsp3) is 0.545. The van der Waals surface area contributed by atoms with Crippen LogP contribution < -0.4 is 4.74 Å². The fourth-order valence-corrected chi connectivity index (χ4v) is 1.98. The molecule has 0 radical (unpaired) electrons. The number of hydrogen-bond donors (Lipinski definition) is 1. The number of aliphatic hydroxyl groups is 1. The summed E-state index contributed by atoms with van der Waals surface area (Å²) >= 11 is 0. The van der Waals surface area contributed by atoms with E-state index in [2.05, 4.69) is 4.98 Å². The molecule has 4 nitrogen and oxygen atoms in total. The minimum Gasteiger partial charge on any atom is -0.481 e. The van der Waals surface area contributed by atoms with Crippen LogP contribution in [-0.4, -0.2) is 37.0 Å². The van der Waals surface area contributed by atoms with E-state index in [0.717, 1.165) is 5.56 Å². The molecule has 2 atom stereocenters. The molecule has 15 heavy (non-hydrogen) atoms. The van der Waals surface area contributed by atoms with Crippen LogP contribution in [0.5, 0.6) is 5.88 Å². The van der Waals surface area contributed by atoms with Crippen molar-refractivity contribution in [2.75, 3.05) is 26.9 Å². The second-order valence-corrected chi connectivity index (χ2v) is 3.69. The quantitative estimate of drug-likeness (QED) is 0.800. The maximum Gasteiger partial charge on any atom is 0.216 e. The highest BCUT2D eigenvalue weighted by Crippen LogP contribution is 2.34. The van der Waals surface area contributed by atoms with Crippen LogP contribution in [0.3, 0.4) is 0 Å².